The molecule has 0 aliphatic carbocycles. The number of hydrogen-bond acceptors (Lipinski definition) is 3. The average molecular weight is 380 g/mol. The van der Waals surface area contributed by atoms with Crippen molar-refractivity contribution < 1.29 is 9.21 Å². The molecule has 5 heteroatoms. The summed E-state index contributed by atoms with van der Waals surface area (Å²) < 4.78 is 8.13. The monoisotopic (exact) mass is 379 g/mol. The van der Waals surface area contributed by atoms with Crippen LogP contribution >= 0.6 is 0 Å². The first-order valence-corrected chi connectivity index (χ1v) is 10.3. The van der Waals surface area contributed by atoms with Crippen molar-refractivity contribution in [2.24, 2.45) is 0 Å². The molecule has 3 heterocycles. The number of nitrogens with zero attached hydrogens (tertiary/aromatic N) is 3. The molecular weight excluding hydrogens is 350 g/mol. The van der Waals surface area contributed by atoms with Gasteiger partial charge < -0.3 is 13.9 Å². The smallest absolute Gasteiger partial charge is 0.289 e. The Kier molecular flexibility index (Phi) is 5.53. The van der Waals surface area contributed by atoms with Crippen LogP contribution in [0.1, 0.15) is 48.5 Å². The molecule has 28 heavy (non-hydrogen) atoms. The van der Waals surface area contributed by atoms with Gasteiger partial charge in [-0.25, -0.2) is 0 Å². The van der Waals surface area contributed by atoms with Crippen molar-refractivity contribution >= 4 is 16.8 Å². The number of furan rings is 1. The number of amides is 1. The van der Waals surface area contributed by atoms with E-state index in [4.69, 9.17) is 4.42 Å². The van der Waals surface area contributed by atoms with E-state index in [1.54, 1.807) is 4.90 Å². The Morgan fingerprint density at radius 1 is 1.11 bits per heavy atom. The summed E-state index contributed by atoms with van der Waals surface area (Å²) in [6.45, 7) is 5.77. The summed E-state index contributed by atoms with van der Waals surface area (Å²) >= 11 is 0. The molecular formula is C23H29N3O2. The predicted molar refractivity (Wildman–Crippen MR) is 111 cm³/mol. The van der Waals surface area contributed by atoms with Gasteiger partial charge in [0.15, 0.2) is 5.76 Å². The summed E-state index contributed by atoms with van der Waals surface area (Å²) in [6.07, 6.45) is 5.88. The average Bonchev–Trinajstić information content (AvgIpc) is 3.39. The van der Waals surface area contributed by atoms with E-state index in [1.807, 2.05) is 31.3 Å². The van der Waals surface area contributed by atoms with E-state index in [0.717, 1.165) is 25.4 Å². The van der Waals surface area contributed by atoms with E-state index >= 15 is 0 Å². The van der Waals surface area contributed by atoms with Crippen LogP contribution in [0, 0.1) is 0 Å². The van der Waals surface area contributed by atoms with Crippen LogP contribution in [-0.2, 0) is 6.54 Å². The lowest BCUT2D eigenvalue weighted by atomic mass is 10.1. The number of hydrogen-bond donors (Lipinski definition) is 0. The maximum atomic E-state index is 12.8. The van der Waals surface area contributed by atoms with Crippen molar-refractivity contribution in [1.29, 1.82) is 0 Å². The summed E-state index contributed by atoms with van der Waals surface area (Å²) in [7, 11) is 1.84. The zero-order chi connectivity index (χ0) is 19.5. The van der Waals surface area contributed by atoms with Crippen molar-refractivity contribution in [3.8, 4) is 0 Å². The van der Waals surface area contributed by atoms with Gasteiger partial charge in [0, 0.05) is 31.9 Å². The van der Waals surface area contributed by atoms with Gasteiger partial charge in [-0.15, -0.1) is 0 Å². The fraction of sp³-hybridized carbons (Fsp3) is 0.435. The molecule has 1 atom stereocenters. The highest BCUT2D eigenvalue weighted by atomic mass is 16.4. The van der Waals surface area contributed by atoms with Gasteiger partial charge >= 0.3 is 0 Å². The molecule has 1 saturated heterocycles. The summed E-state index contributed by atoms with van der Waals surface area (Å²) in [5.41, 5.74) is 1.19. The molecule has 3 aromatic rings. The van der Waals surface area contributed by atoms with Crippen LogP contribution < -0.4 is 0 Å². The van der Waals surface area contributed by atoms with Crippen molar-refractivity contribution in [2.45, 2.75) is 38.8 Å². The summed E-state index contributed by atoms with van der Waals surface area (Å²) in [5.74, 6) is 1.25. The highest BCUT2D eigenvalue weighted by Crippen LogP contribution is 2.26. The molecule has 148 valence electrons. The lowest BCUT2D eigenvalue weighted by Gasteiger charge is -2.31. The van der Waals surface area contributed by atoms with E-state index in [9.17, 15) is 4.79 Å². The van der Waals surface area contributed by atoms with Gasteiger partial charge in [0.25, 0.3) is 5.91 Å². The molecule has 5 nitrogen and oxygen atoms in total. The molecule has 4 rings (SSSR count). The molecule has 1 aromatic carbocycles. The quantitative estimate of drug-likeness (QED) is 0.631. The van der Waals surface area contributed by atoms with E-state index in [1.165, 1.54) is 30.2 Å². The number of fused-ring (bicyclic) bond motifs is 1. The number of carbonyl (C=O) groups excluding carboxylic acids is 1. The third kappa shape index (κ3) is 3.85. The van der Waals surface area contributed by atoms with Crippen LogP contribution in [0.5, 0.6) is 0 Å². The second-order valence-corrected chi connectivity index (χ2v) is 7.77. The van der Waals surface area contributed by atoms with Gasteiger partial charge in [-0.05, 0) is 62.5 Å². The number of piperidine rings is 1. The lowest BCUT2D eigenvalue weighted by molar-refractivity contribution is 0.0751. The Balaban J connectivity index is 1.38. The first-order chi connectivity index (χ1) is 13.6. The van der Waals surface area contributed by atoms with Gasteiger partial charge in [0.2, 0.25) is 0 Å². The molecule has 0 N–H and O–H groups in total. The SMILES string of the molecule is C[C@@H](c1ccc(C(=O)N(C)CCn2ccc3ccccc32)o1)N1CCCCC1. The van der Waals surface area contributed by atoms with E-state index in [0.29, 0.717) is 12.3 Å². The molecule has 1 aliphatic heterocycles. The third-order valence-electron chi connectivity index (χ3n) is 5.89. The van der Waals surface area contributed by atoms with Crippen LogP contribution in [0.3, 0.4) is 0 Å². The lowest BCUT2D eigenvalue weighted by Crippen LogP contribution is -2.32. The van der Waals surface area contributed by atoms with Gasteiger partial charge in [-0.3, -0.25) is 9.69 Å². The maximum Gasteiger partial charge on any atom is 0.289 e. The zero-order valence-electron chi connectivity index (χ0n) is 16.8. The van der Waals surface area contributed by atoms with Crippen LogP contribution in [0.2, 0.25) is 0 Å². The number of rotatable bonds is 6. The number of benzene rings is 1. The summed E-state index contributed by atoms with van der Waals surface area (Å²) in [5, 5.41) is 1.22. The Morgan fingerprint density at radius 2 is 1.89 bits per heavy atom. The van der Waals surface area contributed by atoms with Gasteiger partial charge in [-0.2, -0.15) is 0 Å². The molecule has 0 spiro atoms. The second-order valence-electron chi connectivity index (χ2n) is 7.77. The number of likely N-dealkylation sites (tertiary alicyclic amines) is 1. The highest BCUT2D eigenvalue weighted by molar-refractivity contribution is 5.91. The number of aromatic nitrogens is 1. The van der Waals surface area contributed by atoms with Crippen molar-refractivity contribution in [1.82, 2.24) is 14.4 Å². The molecule has 0 saturated carbocycles. The molecule has 1 fully saturated rings. The molecule has 1 amide bonds. The van der Waals surface area contributed by atoms with Gasteiger partial charge in [0.1, 0.15) is 5.76 Å². The minimum Gasteiger partial charge on any atom is -0.454 e. The molecule has 0 unspecified atom stereocenters. The van der Waals surface area contributed by atoms with Crippen molar-refractivity contribution in [2.75, 3.05) is 26.7 Å². The van der Waals surface area contributed by atoms with E-state index in [-0.39, 0.29) is 11.9 Å². The number of carbonyl (C=O) groups is 1. The van der Waals surface area contributed by atoms with Crippen LogP contribution in [-0.4, -0.2) is 47.0 Å². The largest absolute Gasteiger partial charge is 0.454 e. The van der Waals surface area contributed by atoms with Crippen molar-refractivity contribution in [3.05, 3.63) is 60.2 Å². The third-order valence-corrected chi connectivity index (χ3v) is 5.89. The molecule has 2 aromatic heterocycles. The normalized spacial score (nSPS) is 16.4. The molecule has 1 aliphatic rings. The number of likely N-dealkylation sites (N-methyl/N-ethyl adjacent to an activating group) is 1. The fourth-order valence-electron chi connectivity index (χ4n) is 4.06. The number of para-hydroxylation sites is 1. The highest BCUT2D eigenvalue weighted by Gasteiger charge is 2.23. The van der Waals surface area contributed by atoms with Crippen LogP contribution in [0.25, 0.3) is 10.9 Å². The minimum absolute atomic E-state index is 0.0615. The first-order valence-electron chi connectivity index (χ1n) is 10.3. The Hall–Kier alpha value is -2.53. The Labute approximate surface area is 166 Å². The predicted octanol–water partition coefficient (Wildman–Crippen LogP) is 4.55. The van der Waals surface area contributed by atoms with E-state index in [2.05, 4.69) is 40.8 Å². The zero-order valence-corrected chi connectivity index (χ0v) is 16.8. The Morgan fingerprint density at radius 3 is 2.71 bits per heavy atom. The fourth-order valence-corrected chi connectivity index (χ4v) is 4.06. The first kappa shape index (κ1) is 18.8. The standard InChI is InChI=1S/C23H29N3O2/c1-18(25-13-6-3-7-14-25)21-10-11-22(28-21)23(27)24(2)16-17-26-15-12-19-8-4-5-9-20(19)26/h4-5,8-12,15,18H,3,6-7,13-14,16-17H2,1-2H3/t18-/m0/s1. The van der Waals surface area contributed by atoms with Gasteiger partial charge in [0.05, 0.1) is 6.04 Å². The minimum atomic E-state index is -0.0615. The van der Waals surface area contributed by atoms with E-state index < -0.39 is 0 Å². The van der Waals surface area contributed by atoms with Crippen LogP contribution in [0.4, 0.5) is 0 Å². The summed E-state index contributed by atoms with van der Waals surface area (Å²) in [6, 6.07) is 14.4. The topological polar surface area (TPSA) is 41.6 Å². The van der Waals surface area contributed by atoms with Crippen molar-refractivity contribution in [3.63, 3.8) is 0 Å². The Bertz CT molecular complexity index is 936. The summed E-state index contributed by atoms with van der Waals surface area (Å²) in [4.78, 5) is 17.0. The molecule has 0 bridgehead atoms. The maximum absolute atomic E-state index is 12.8. The second kappa shape index (κ2) is 8.23. The van der Waals surface area contributed by atoms with Crippen LogP contribution in [0.15, 0.2) is 53.1 Å². The van der Waals surface area contributed by atoms with Gasteiger partial charge in [-0.1, -0.05) is 24.6 Å². The molecule has 0 radical (unpaired) electrons.